The molecule has 0 saturated heterocycles. The summed E-state index contributed by atoms with van der Waals surface area (Å²) in [6, 6.07) is 7.26. The Morgan fingerprint density at radius 1 is 1.24 bits per heavy atom. The van der Waals surface area contributed by atoms with E-state index in [9.17, 15) is 8.42 Å². The third-order valence-corrected chi connectivity index (χ3v) is 5.74. The summed E-state index contributed by atoms with van der Waals surface area (Å²) in [5.41, 5.74) is 1.00. The largest absolute Gasteiger partial charge is 0.313 e. The molecule has 1 unspecified atom stereocenters. The van der Waals surface area contributed by atoms with Gasteiger partial charge in [0.15, 0.2) is 0 Å². The molecule has 0 saturated carbocycles. The van der Waals surface area contributed by atoms with Crippen molar-refractivity contribution in [1.82, 2.24) is 9.62 Å². The van der Waals surface area contributed by atoms with Gasteiger partial charge in [0.05, 0.1) is 4.90 Å². The molecule has 0 aliphatic carbocycles. The van der Waals surface area contributed by atoms with E-state index in [0.717, 1.165) is 24.9 Å². The molecule has 5 heteroatoms. The number of benzene rings is 1. The summed E-state index contributed by atoms with van der Waals surface area (Å²) in [6.07, 6.45) is 1.88. The molecule has 0 fully saturated rings. The normalized spacial score (nSPS) is 13.6. The standard InChI is InChI=1S/C16H28N2O2S/c1-5-11-17-13-15-9-8-10-16(12-15)21(19,20)18(7-3)14(4)6-2/h8-10,12,14,17H,5-7,11,13H2,1-4H3. The van der Waals surface area contributed by atoms with E-state index in [1.54, 1.807) is 16.4 Å². The van der Waals surface area contributed by atoms with Crippen molar-refractivity contribution in [3.63, 3.8) is 0 Å². The van der Waals surface area contributed by atoms with Crippen LogP contribution in [-0.4, -0.2) is 31.9 Å². The first-order valence-corrected chi connectivity index (χ1v) is 9.22. The van der Waals surface area contributed by atoms with Crippen molar-refractivity contribution < 1.29 is 8.42 Å². The van der Waals surface area contributed by atoms with Crippen LogP contribution >= 0.6 is 0 Å². The van der Waals surface area contributed by atoms with Crippen LogP contribution in [0.4, 0.5) is 0 Å². The lowest BCUT2D eigenvalue weighted by atomic mass is 10.2. The van der Waals surface area contributed by atoms with E-state index in [-0.39, 0.29) is 6.04 Å². The van der Waals surface area contributed by atoms with Crippen molar-refractivity contribution in [3.8, 4) is 0 Å². The fourth-order valence-electron chi connectivity index (χ4n) is 2.28. The maximum atomic E-state index is 12.8. The molecule has 0 spiro atoms. The first-order chi connectivity index (χ1) is 9.97. The quantitative estimate of drug-likeness (QED) is 0.713. The van der Waals surface area contributed by atoms with Gasteiger partial charge in [-0.3, -0.25) is 0 Å². The van der Waals surface area contributed by atoms with Crippen LogP contribution in [-0.2, 0) is 16.6 Å². The van der Waals surface area contributed by atoms with Gasteiger partial charge in [0.1, 0.15) is 0 Å². The third-order valence-electron chi connectivity index (χ3n) is 3.66. The highest BCUT2D eigenvalue weighted by molar-refractivity contribution is 7.89. The lowest BCUT2D eigenvalue weighted by Crippen LogP contribution is -2.38. The molecule has 0 aromatic heterocycles. The van der Waals surface area contributed by atoms with E-state index >= 15 is 0 Å². The van der Waals surface area contributed by atoms with Crippen LogP contribution in [0.1, 0.15) is 46.1 Å². The monoisotopic (exact) mass is 312 g/mol. The smallest absolute Gasteiger partial charge is 0.243 e. The van der Waals surface area contributed by atoms with Gasteiger partial charge in [0, 0.05) is 19.1 Å². The molecule has 0 radical (unpaired) electrons. The van der Waals surface area contributed by atoms with Crippen LogP contribution in [0.5, 0.6) is 0 Å². The second-order valence-corrected chi connectivity index (χ2v) is 7.18. The zero-order chi connectivity index (χ0) is 15.9. The minimum Gasteiger partial charge on any atom is -0.313 e. The van der Waals surface area contributed by atoms with Gasteiger partial charge in [-0.25, -0.2) is 8.42 Å². The molecule has 4 nitrogen and oxygen atoms in total. The maximum Gasteiger partial charge on any atom is 0.243 e. The Labute approximate surface area is 129 Å². The molecule has 1 rings (SSSR count). The van der Waals surface area contributed by atoms with Gasteiger partial charge in [0.25, 0.3) is 0 Å². The number of rotatable bonds is 9. The Bertz CT molecular complexity index is 529. The van der Waals surface area contributed by atoms with Gasteiger partial charge in [-0.15, -0.1) is 0 Å². The third kappa shape index (κ3) is 4.80. The minimum atomic E-state index is -3.41. The molecular formula is C16H28N2O2S. The summed E-state index contributed by atoms with van der Waals surface area (Å²) >= 11 is 0. The van der Waals surface area contributed by atoms with E-state index in [1.807, 2.05) is 32.9 Å². The average Bonchev–Trinajstić information content (AvgIpc) is 2.48. The first kappa shape index (κ1) is 18.1. The van der Waals surface area contributed by atoms with Crippen molar-refractivity contribution in [2.24, 2.45) is 0 Å². The molecule has 1 aromatic carbocycles. The second-order valence-electron chi connectivity index (χ2n) is 5.29. The van der Waals surface area contributed by atoms with Gasteiger partial charge in [0.2, 0.25) is 10.0 Å². The van der Waals surface area contributed by atoms with Crippen LogP contribution in [0.2, 0.25) is 0 Å². The van der Waals surface area contributed by atoms with E-state index in [0.29, 0.717) is 18.0 Å². The Morgan fingerprint density at radius 2 is 1.95 bits per heavy atom. The highest BCUT2D eigenvalue weighted by Crippen LogP contribution is 2.20. The van der Waals surface area contributed by atoms with Crippen molar-refractivity contribution in [3.05, 3.63) is 29.8 Å². The minimum absolute atomic E-state index is 0.0156. The Kier molecular flexibility index (Phi) is 7.35. The second kappa shape index (κ2) is 8.51. The summed E-state index contributed by atoms with van der Waals surface area (Å²) in [7, 11) is -3.41. The summed E-state index contributed by atoms with van der Waals surface area (Å²) < 4.78 is 27.1. The van der Waals surface area contributed by atoms with Gasteiger partial charge >= 0.3 is 0 Å². The van der Waals surface area contributed by atoms with Crippen molar-refractivity contribution in [2.45, 2.75) is 58.0 Å². The summed E-state index contributed by atoms with van der Waals surface area (Å²) in [4.78, 5) is 0.389. The zero-order valence-electron chi connectivity index (χ0n) is 13.6. The highest BCUT2D eigenvalue weighted by atomic mass is 32.2. The van der Waals surface area contributed by atoms with Gasteiger partial charge < -0.3 is 5.32 Å². The van der Waals surface area contributed by atoms with Crippen LogP contribution < -0.4 is 5.32 Å². The van der Waals surface area contributed by atoms with E-state index in [4.69, 9.17) is 0 Å². The van der Waals surface area contributed by atoms with Crippen LogP contribution in [0, 0.1) is 0 Å². The molecule has 120 valence electrons. The molecule has 0 aliphatic heterocycles. The average molecular weight is 312 g/mol. The van der Waals surface area contributed by atoms with Crippen molar-refractivity contribution in [2.75, 3.05) is 13.1 Å². The number of sulfonamides is 1. The van der Waals surface area contributed by atoms with E-state index in [1.165, 1.54) is 0 Å². The van der Waals surface area contributed by atoms with Gasteiger partial charge in [-0.05, 0) is 44.0 Å². The molecular weight excluding hydrogens is 284 g/mol. The molecule has 1 aromatic rings. The molecule has 0 aliphatic rings. The summed E-state index contributed by atoms with van der Waals surface area (Å²) in [5.74, 6) is 0. The molecule has 21 heavy (non-hydrogen) atoms. The molecule has 0 heterocycles. The predicted molar refractivity (Wildman–Crippen MR) is 87.8 cm³/mol. The van der Waals surface area contributed by atoms with E-state index < -0.39 is 10.0 Å². The molecule has 0 amide bonds. The fraction of sp³-hybridized carbons (Fsp3) is 0.625. The first-order valence-electron chi connectivity index (χ1n) is 7.78. The SMILES string of the molecule is CCCNCc1cccc(S(=O)(=O)N(CC)C(C)CC)c1. The van der Waals surface area contributed by atoms with Crippen molar-refractivity contribution in [1.29, 1.82) is 0 Å². The number of hydrogen-bond acceptors (Lipinski definition) is 3. The van der Waals surface area contributed by atoms with Crippen LogP contribution in [0.15, 0.2) is 29.2 Å². The van der Waals surface area contributed by atoms with Gasteiger partial charge in [-0.2, -0.15) is 4.31 Å². The maximum absolute atomic E-state index is 12.8. The number of hydrogen-bond donors (Lipinski definition) is 1. The van der Waals surface area contributed by atoms with Gasteiger partial charge in [-0.1, -0.05) is 32.9 Å². The summed E-state index contributed by atoms with van der Waals surface area (Å²) in [5, 5.41) is 3.30. The van der Waals surface area contributed by atoms with Crippen molar-refractivity contribution >= 4 is 10.0 Å². The predicted octanol–water partition coefficient (Wildman–Crippen LogP) is 3.00. The fourth-order valence-corrected chi connectivity index (χ4v) is 4.07. The lowest BCUT2D eigenvalue weighted by molar-refractivity contribution is 0.342. The Hall–Kier alpha value is -0.910. The Balaban J connectivity index is 2.99. The molecule has 1 N–H and O–H groups in total. The Morgan fingerprint density at radius 3 is 2.52 bits per heavy atom. The van der Waals surface area contributed by atoms with E-state index in [2.05, 4.69) is 12.2 Å². The number of nitrogens with zero attached hydrogens (tertiary/aromatic N) is 1. The highest BCUT2D eigenvalue weighted by Gasteiger charge is 2.26. The van der Waals surface area contributed by atoms with Crippen LogP contribution in [0.3, 0.4) is 0 Å². The van der Waals surface area contributed by atoms with Crippen LogP contribution in [0.25, 0.3) is 0 Å². The molecule has 0 bridgehead atoms. The lowest BCUT2D eigenvalue weighted by Gasteiger charge is -2.26. The zero-order valence-corrected chi connectivity index (χ0v) is 14.4. The molecule has 1 atom stereocenters. The number of nitrogens with one attached hydrogen (secondary N) is 1. The topological polar surface area (TPSA) is 49.4 Å². The summed E-state index contributed by atoms with van der Waals surface area (Å²) in [6.45, 7) is 10.1.